The van der Waals surface area contributed by atoms with E-state index in [1.807, 2.05) is 30.3 Å². The lowest BCUT2D eigenvalue weighted by atomic mass is 10.0. The number of carbonyl (C=O) groups is 2. The number of esters is 1. The number of aromatic nitrogens is 1. The molecule has 0 unspecified atom stereocenters. The minimum atomic E-state index is -0.413. The van der Waals surface area contributed by atoms with Crippen molar-refractivity contribution in [3.63, 3.8) is 0 Å². The Kier molecular flexibility index (Phi) is 4.89. The van der Waals surface area contributed by atoms with Gasteiger partial charge in [0.1, 0.15) is 10.8 Å². The van der Waals surface area contributed by atoms with Gasteiger partial charge in [0.2, 0.25) is 5.91 Å². The summed E-state index contributed by atoms with van der Waals surface area (Å²) in [5.74, 6) is 0.0712. The highest BCUT2D eigenvalue weighted by Gasteiger charge is 2.16. The highest BCUT2D eigenvalue weighted by Crippen LogP contribution is 2.28. The average molecular weight is 376 g/mol. The lowest BCUT2D eigenvalue weighted by molar-refractivity contribution is -0.116. The fourth-order valence-electron chi connectivity index (χ4n) is 2.78. The molecule has 1 aromatic heterocycles. The third-order valence-electron chi connectivity index (χ3n) is 4.13. The van der Waals surface area contributed by atoms with E-state index in [0.29, 0.717) is 24.2 Å². The molecule has 5 nitrogen and oxygen atoms in total. The molecule has 2 heterocycles. The van der Waals surface area contributed by atoms with Gasteiger partial charge in [-0.05, 0) is 66.6 Å². The van der Waals surface area contributed by atoms with Crippen molar-refractivity contribution in [1.82, 2.24) is 4.98 Å². The lowest BCUT2D eigenvalue weighted by Crippen LogP contribution is -2.19. The number of anilines is 1. The minimum absolute atomic E-state index is 0.0101. The maximum atomic E-state index is 12.4. The molecule has 0 fully saturated rings. The normalized spacial score (nSPS) is 12.8. The highest BCUT2D eigenvalue weighted by molar-refractivity contribution is 7.99. The summed E-state index contributed by atoms with van der Waals surface area (Å²) in [6.45, 7) is 0. The van der Waals surface area contributed by atoms with E-state index in [-0.39, 0.29) is 5.91 Å². The first-order valence-electron chi connectivity index (χ1n) is 8.51. The van der Waals surface area contributed by atoms with Crippen LogP contribution in [0, 0.1) is 0 Å². The molecule has 1 N–H and O–H groups in total. The maximum Gasteiger partial charge on any atom is 0.343 e. The largest absolute Gasteiger partial charge is 0.423 e. The predicted octanol–water partition coefficient (Wildman–Crippen LogP) is 4.34. The van der Waals surface area contributed by atoms with Crippen molar-refractivity contribution in [3.05, 3.63) is 78.0 Å². The van der Waals surface area contributed by atoms with E-state index in [4.69, 9.17) is 4.74 Å². The summed E-state index contributed by atoms with van der Waals surface area (Å²) in [6.07, 6.45) is 2.84. The van der Waals surface area contributed by atoms with Gasteiger partial charge in [-0.3, -0.25) is 4.79 Å². The zero-order valence-electron chi connectivity index (χ0n) is 14.3. The maximum absolute atomic E-state index is 12.4. The fourth-order valence-corrected chi connectivity index (χ4v) is 3.55. The third kappa shape index (κ3) is 4.17. The number of fused-ring (bicyclic) bond motifs is 1. The second-order valence-electron chi connectivity index (χ2n) is 6.05. The second kappa shape index (κ2) is 7.63. The molecular formula is C21H16N2O3S. The van der Waals surface area contributed by atoms with Gasteiger partial charge in [0.15, 0.2) is 0 Å². The molecule has 4 rings (SSSR count). The van der Waals surface area contributed by atoms with Crippen molar-refractivity contribution >= 4 is 29.3 Å². The number of pyridine rings is 1. The fraction of sp³-hybridized carbons (Fsp3) is 0.0952. The SMILES string of the molecule is O=C1CCc2cc(OC(=O)c3ccc(Sc4ccccn4)cc3)ccc2N1. The number of hydrogen-bond acceptors (Lipinski definition) is 5. The van der Waals surface area contributed by atoms with Crippen LogP contribution < -0.4 is 10.1 Å². The van der Waals surface area contributed by atoms with Gasteiger partial charge in [-0.2, -0.15) is 0 Å². The summed E-state index contributed by atoms with van der Waals surface area (Å²) in [4.78, 5) is 29.1. The van der Waals surface area contributed by atoms with Gasteiger partial charge in [-0.15, -0.1) is 0 Å². The summed E-state index contributed by atoms with van der Waals surface area (Å²) < 4.78 is 5.48. The number of benzene rings is 2. The topological polar surface area (TPSA) is 68.3 Å². The Morgan fingerprint density at radius 1 is 1.04 bits per heavy atom. The van der Waals surface area contributed by atoms with Gasteiger partial charge in [0, 0.05) is 23.2 Å². The number of ether oxygens (including phenoxy) is 1. The van der Waals surface area contributed by atoms with E-state index >= 15 is 0 Å². The van der Waals surface area contributed by atoms with Gasteiger partial charge in [0.25, 0.3) is 0 Å². The molecule has 0 saturated carbocycles. The monoisotopic (exact) mass is 376 g/mol. The highest BCUT2D eigenvalue weighted by atomic mass is 32.2. The smallest absolute Gasteiger partial charge is 0.343 e. The van der Waals surface area contributed by atoms with Crippen LogP contribution in [0.4, 0.5) is 5.69 Å². The van der Waals surface area contributed by atoms with Crippen LogP contribution in [0.15, 0.2) is 76.8 Å². The Morgan fingerprint density at radius 3 is 2.67 bits per heavy atom. The first-order valence-corrected chi connectivity index (χ1v) is 9.33. The summed E-state index contributed by atoms with van der Waals surface area (Å²) in [6, 6.07) is 18.2. The average Bonchev–Trinajstić information content (AvgIpc) is 2.69. The summed E-state index contributed by atoms with van der Waals surface area (Å²) >= 11 is 1.53. The quantitative estimate of drug-likeness (QED) is 0.542. The number of amides is 1. The molecule has 6 heteroatoms. The van der Waals surface area contributed by atoms with Crippen molar-refractivity contribution in [2.24, 2.45) is 0 Å². The summed E-state index contributed by atoms with van der Waals surface area (Å²) in [5, 5.41) is 3.71. The van der Waals surface area contributed by atoms with E-state index in [0.717, 1.165) is 21.2 Å². The van der Waals surface area contributed by atoms with Crippen molar-refractivity contribution in [3.8, 4) is 5.75 Å². The van der Waals surface area contributed by atoms with E-state index in [1.165, 1.54) is 11.8 Å². The molecule has 27 heavy (non-hydrogen) atoms. The van der Waals surface area contributed by atoms with Crippen molar-refractivity contribution in [2.45, 2.75) is 22.8 Å². The number of hydrogen-bond donors (Lipinski definition) is 1. The Hall–Kier alpha value is -3.12. The predicted molar refractivity (Wildman–Crippen MR) is 103 cm³/mol. The molecule has 1 aliphatic heterocycles. The van der Waals surface area contributed by atoms with E-state index in [2.05, 4.69) is 10.3 Å². The van der Waals surface area contributed by atoms with Crippen LogP contribution in [0.1, 0.15) is 22.3 Å². The molecule has 0 bridgehead atoms. The number of nitrogens with zero attached hydrogens (tertiary/aromatic N) is 1. The van der Waals surface area contributed by atoms with Gasteiger partial charge >= 0.3 is 5.97 Å². The van der Waals surface area contributed by atoms with Crippen molar-refractivity contribution < 1.29 is 14.3 Å². The van der Waals surface area contributed by atoms with Gasteiger partial charge < -0.3 is 10.1 Å². The Bertz CT molecular complexity index is 988. The molecule has 2 aromatic carbocycles. The molecular weight excluding hydrogens is 360 g/mol. The van der Waals surface area contributed by atoms with Crippen molar-refractivity contribution in [1.29, 1.82) is 0 Å². The molecule has 0 aliphatic carbocycles. The zero-order chi connectivity index (χ0) is 18.6. The molecule has 0 radical (unpaired) electrons. The first kappa shape index (κ1) is 17.3. The first-order chi connectivity index (χ1) is 13.2. The van der Waals surface area contributed by atoms with Crippen LogP contribution in [-0.2, 0) is 11.2 Å². The van der Waals surface area contributed by atoms with Crippen molar-refractivity contribution in [2.75, 3.05) is 5.32 Å². The third-order valence-corrected chi connectivity index (χ3v) is 5.09. The van der Waals surface area contributed by atoms with E-state index in [9.17, 15) is 9.59 Å². The number of aryl methyl sites for hydroxylation is 1. The molecule has 0 spiro atoms. The van der Waals surface area contributed by atoms with Gasteiger partial charge in [0.05, 0.1) is 5.56 Å². The van der Waals surface area contributed by atoms with E-state index in [1.54, 1.807) is 36.5 Å². The molecule has 0 atom stereocenters. The molecule has 0 saturated heterocycles. The van der Waals surface area contributed by atoms with Crippen LogP contribution in [0.5, 0.6) is 5.75 Å². The minimum Gasteiger partial charge on any atom is -0.423 e. The van der Waals surface area contributed by atoms with Crippen LogP contribution in [0.2, 0.25) is 0 Å². The summed E-state index contributed by atoms with van der Waals surface area (Å²) in [5.41, 5.74) is 2.23. The van der Waals surface area contributed by atoms with Crippen LogP contribution in [-0.4, -0.2) is 16.9 Å². The number of nitrogens with one attached hydrogen (secondary N) is 1. The molecule has 3 aromatic rings. The lowest BCUT2D eigenvalue weighted by Gasteiger charge is -2.17. The Balaban J connectivity index is 1.43. The second-order valence-corrected chi connectivity index (χ2v) is 7.14. The standard InChI is InChI=1S/C21H16N2O3S/c24-19-11-6-15-13-16(7-10-18(15)23-19)26-21(25)14-4-8-17(9-5-14)27-20-3-1-2-12-22-20/h1-5,7-10,12-13H,6,11H2,(H,23,24). The number of carbonyl (C=O) groups excluding carboxylic acids is 2. The van der Waals surface area contributed by atoms with Crippen LogP contribution in [0.25, 0.3) is 0 Å². The summed E-state index contributed by atoms with van der Waals surface area (Å²) in [7, 11) is 0. The molecule has 1 amide bonds. The Morgan fingerprint density at radius 2 is 1.89 bits per heavy atom. The molecule has 1 aliphatic rings. The van der Waals surface area contributed by atoms with Crippen LogP contribution in [0.3, 0.4) is 0 Å². The van der Waals surface area contributed by atoms with Gasteiger partial charge in [-0.25, -0.2) is 9.78 Å². The molecule has 134 valence electrons. The van der Waals surface area contributed by atoms with E-state index < -0.39 is 5.97 Å². The Labute approximate surface area is 160 Å². The zero-order valence-corrected chi connectivity index (χ0v) is 15.2. The van der Waals surface area contributed by atoms with Gasteiger partial charge in [-0.1, -0.05) is 17.8 Å². The van der Waals surface area contributed by atoms with Crippen LogP contribution >= 0.6 is 11.8 Å². The number of rotatable bonds is 4.